The Bertz CT molecular complexity index is 545. The highest BCUT2D eigenvalue weighted by Crippen LogP contribution is 2.23. The molecule has 2 rings (SSSR count). The molecule has 20 heavy (non-hydrogen) atoms. The molecular formula is C11H14BrF3N4O. The van der Waals surface area contributed by atoms with Crippen LogP contribution in [0.5, 0.6) is 0 Å². The summed E-state index contributed by atoms with van der Waals surface area (Å²) in [6.07, 6.45) is -3.17. The molecule has 0 saturated carbocycles. The summed E-state index contributed by atoms with van der Waals surface area (Å²) in [7, 11) is 0. The third kappa shape index (κ3) is 3.51. The van der Waals surface area contributed by atoms with Crippen molar-refractivity contribution < 1.29 is 13.2 Å². The lowest BCUT2D eigenvalue weighted by Crippen LogP contribution is -2.49. The van der Waals surface area contributed by atoms with Crippen LogP contribution in [0.2, 0.25) is 0 Å². The van der Waals surface area contributed by atoms with Crippen LogP contribution in [0, 0.1) is 0 Å². The van der Waals surface area contributed by atoms with Crippen LogP contribution in [0.1, 0.15) is 6.92 Å². The number of hydrogen-bond donors (Lipinski definition) is 1. The zero-order valence-electron chi connectivity index (χ0n) is 10.7. The molecule has 1 aromatic heterocycles. The highest BCUT2D eigenvalue weighted by atomic mass is 79.9. The van der Waals surface area contributed by atoms with Crippen LogP contribution in [0.15, 0.2) is 15.5 Å². The number of nitrogens with zero attached hydrogens (tertiary/aromatic N) is 3. The van der Waals surface area contributed by atoms with E-state index in [0.717, 1.165) is 6.54 Å². The van der Waals surface area contributed by atoms with Gasteiger partial charge >= 0.3 is 6.18 Å². The first-order valence-electron chi connectivity index (χ1n) is 6.08. The summed E-state index contributed by atoms with van der Waals surface area (Å²) < 4.78 is 37.5. The Morgan fingerprint density at radius 3 is 2.85 bits per heavy atom. The van der Waals surface area contributed by atoms with E-state index in [9.17, 15) is 18.0 Å². The van der Waals surface area contributed by atoms with Crippen LogP contribution in [-0.4, -0.2) is 41.6 Å². The molecule has 1 aliphatic heterocycles. The lowest BCUT2D eigenvalue weighted by Gasteiger charge is -2.33. The van der Waals surface area contributed by atoms with Gasteiger partial charge in [0.2, 0.25) is 0 Å². The van der Waals surface area contributed by atoms with Gasteiger partial charge in [-0.05, 0) is 22.9 Å². The van der Waals surface area contributed by atoms with E-state index in [0.29, 0.717) is 23.5 Å². The number of piperazine rings is 1. The maximum atomic E-state index is 12.3. The monoisotopic (exact) mass is 354 g/mol. The summed E-state index contributed by atoms with van der Waals surface area (Å²) in [5.74, 6) is 0. The molecule has 112 valence electrons. The van der Waals surface area contributed by atoms with Crippen molar-refractivity contribution in [3.8, 4) is 0 Å². The van der Waals surface area contributed by atoms with Gasteiger partial charge in [-0.15, -0.1) is 0 Å². The smallest absolute Gasteiger partial charge is 0.366 e. The Kier molecular flexibility index (Phi) is 4.38. The van der Waals surface area contributed by atoms with Gasteiger partial charge in [0.05, 0.1) is 11.9 Å². The largest absolute Gasteiger partial charge is 0.408 e. The summed E-state index contributed by atoms with van der Waals surface area (Å²) in [4.78, 5) is 13.8. The van der Waals surface area contributed by atoms with Crippen molar-refractivity contribution >= 4 is 21.6 Å². The quantitative estimate of drug-likeness (QED) is 0.871. The van der Waals surface area contributed by atoms with Crippen LogP contribution in [-0.2, 0) is 6.54 Å². The lowest BCUT2D eigenvalue weighted by molar-refractivity contribution is -0.143. The Morgan fingerprint density at radius 1 is 1.55 bits per heavy atom. The molecule has 0 aliphatic carbocycles. The first kappa shape index (κ1) is 15.3. The molecule has 9 heteroatoms. The second-order valence-corrected chi connectivity index (χ2v) is 5.52. The van der Waals surface area contributed by atoms with E-state index in [1.807, 2.05) is 11.8 Å². The molecule has 1 fully saturated rings. The molecule has 0 amide bonds. The zero-order valence-corrected chi connectivity index (χ0v) is 12.3. The van der Waals surface area contributed by atoms with Gasteiger partial charge in [-0.1, -0.05) is 0 Å². The number of hydrogen-bond acceptors (Lipinski definition) is 4. The van der Waals surface area contributed by atoms with E-state index >= 15 is 0 Å². The third-order valence-corrected chi connectivity index (χ3v) is 3.75. The maximum Gasteiger partial charge on any atom is 0.408 e. The van der Waals surface area contributed by atoms with Crippen LogP contribution in [0.3, 0.4) is 0 Å². The van der Waals surface area contributed by atoms with Crippen molar-refractivity contribution in [2.75, 3.05) is 24.5 Å². The van der Waals surface area contributed by atoms with Gasteiger partial charge in [-0.3, -0.25) is 4.79 Å². The third-order valence-electron chi connectivity index (χ3n) is 3.00. The minimum Gasteiger partial charge on any atom is -0.366 e. The number of halogens is 4. The molecule has 0 spiro atoms. The average molecular weight is 355 g/mol. The van der Waals surface area contributed by atoms with Crippen molar-refractivity contribution in [3.63, 3.8) is 0 Å². The van der Waals surface area contributed by atoms with Gasteiger partial charge in [0.15, 0.2) is 0 Å². The summed E-state index contributed by atoms with van der Waals surface area (Å²) in [5, 5.41) is 6.87. The molecule has 2 heterocycles. The molecule has 0 bridgehead atoms. The van der Waals surface area contributed by atoms with Crippen LogP contribution in [0.4, 0.5) is 18.9 Å². The molecule has 5 nitrogen and oxygen atoms in total. The van der Waals surface area contributed by atoms with Gasteiger partial charge in [-0.2, -0.15) is 18.3 Å². The van der Waals surface area contributed by atoms with E-state index in [1.54, 1.807) is 0 Å². The molecule has 1 atom stereocenters. The topological polar surface area (TPSA) is 50.2 Å². The first-order valence-corrected chi connectivity index (χ1v) is 6.88. The van der Waals surface area contributed by atoms with Gasteiger partial charge < -0.3 is 10.2 Å². The summed E-state index contributed by atoms with van der Waals surface area (Å²) in [5.41, 5.74) is -0.243. The van der Waals surface area contributed by atoms with Gasteiger partial charge in [0, 0.05) is 25.7 Å². The fourth-order valence-corrected chi connectivity index (χ4v) is 2.67. The van der Waals surface area contributed by atoms with Crippen LogP contribution in [0.25, 0.3) is 0 Å². The minimum atomic E-state index is -4.47. The maximum absolute atomic E-state index is 12.3. The Morgan fingerprint density at radius 2 is 2.25 bits per heavy atom. The van der Waals surface area contributed by atoms with E-state index in [-0.39, 0.29) is 10.5 Å². The van der Waals surface area contributed by atoms with Crippen LogP contribution < -0.4 is 15.8 Å². The second kappa shape index (κ2) is 5.72. The number of anilines is 1. The molecule has 1 unspecified atom stereocenters. The molecule has 1 N–H and O–H groups in total. The number of rotatable bonds is 2. The van der Waals surface area contributed by atoms with Gasteiger partial charge in [0.1, 0.15) is 11.0 Å². The summed E-state index contributed by atoms with van der Waals surface area (Å²) >= 11 is 3.09. The van der Waals surface area contributed by atoms with Gasteiger partial charge in [0.25, 0.3) is 5.56 Å². The molecule has 0 radical (unpaired) electrons. The van der Waals surface area contributed by atoms with Crippen molar-refractivity contribution in [2.24, 2.45) is 0 Å². The molecular weight excluding hydrogens is 341 g/mol. The normalized spacial score (nSPS) is 20.2. The average Bonchev–Trinajstić information content (AvgIpc) is 2.34. The fourth-order valence-electron chi connectivity index (χ4n) is 2.11. The Hall–Kier alpha value is -1.09. The predicted octanol–water partition coefficient (Wildman–Crippen LogP) is 1.37. The molecule has 1 aliphatic rings. The van der Waals surface area contributed by atoms with E-state index in [2.05, 4.69) is 26.3 Å². The Labute approximate surface area is 121 Å². The summed E-state index contributed by atoms with van der Waals surface area (Å²) in [6, 6.07) is 0.244. The standard InChI is InChI=1S/C11H14BrF3N4O/c1-7-5-18(3-2-16-7)8-4-17-19(6-11(13,14)15)10(20)9(8)12/h4,7,16H,2-3,5-6H2,1H3. The highest BCUT2D eigenvalue weighted by Gasteiger charge is 2.30. The van der Waals surface area contributed by atoms with Gasteiger partial charge in [-0.25, -0.2) is 4.68 Å². The van der Waals surface area contributed by atoms with Crippen molar-refractivity contribution in [1.29, 1.82) is 0 Å². The number of alkyl halides is 3. The molecule has 1 aromatic rings. The van der Waals surface area contributed by atoms with Crippen molar-refractivity contribution in [3.05, 3.63) is 21.0 Å². The summed E-state index contributed by atoms with van der Waals surface area (Å²) in [6.45, 7) is 2.70. The second-order valence-electron chi connectivity index (χ2n) is 4.72. The lowest BCUT2D eigenvalue weighted by atomic mass is 10.2. The number of nitrogens with one attached hydrogen (secondary N) is 1. The SMILES string of the molecule is CC1CN(c2cnn(CC(F)(F)F)c(=O)c2Br)CCN1. The van der Waals surface area contributed by atoms with Crippen molar-refractivity contribution in [1.82, 2.24) is 15.1 Å². The minimum absolute atomic E-state index is 0.117. The number of aromatic nitrogens is 2. The fraction of sp³-hybridized carbons (Fsp3) is 0.636. The predicted molar refractivity (Wildman–Crippen MR) is 71.9 cm³/mol. The molecule has 1 saturated heterocycles. The van der Waals surface area contributed by atoms with Crippen molar-refractivity contribution in [2.45, 2.75) is 25.7 Å². The molecule has 0 aromatic carbocycles. The highest BCUT2D eigenvalue weighted by molar-refractivity contribution is 9.10. The van der Waals surface area contributed by atoms with E-state index < -0.39 is 18.3 Å². The first-order chi connectivity index (χ1) is 9.28. The van der Waals surface area contributed by atoms with E-state index in [4.69, 9.17) is 0 Å². The van der Waals surface area contributed by atoms with E-state index in [1.165, 1.54) is 6.20 Å². The van der Waals surface area contributed by atoms with Crippen LogP contribution >= 0.6 is 15.9 Å². The zero-order chi connectivity index (χ0) is 14.9. The Balaban J connectivity index is 2.29.